The molecular weight excluding hydrogens is 349 g/mol. The van der Waals surface area contributed by atoms with E-state index in [1.165, 1.54) is 17.8 Å². The molecule has 4 nitrogen and oxygen atoms in total. The molecule has 0 aromatic heterocycles. The number of carbonyl (C=O) groups excluding carboxylic acids is 1. The molecule has 1 atom stereocenters. The lowest BCUT2D eigenvalue weighted by molar-refractivity contribution is 0.102. The Morgan fingerprint density at radius 3 is 2.69 bits per heavy atom. The van der Waals surface area contributed by atoms with Crippen molar-refractivity contribution in [3.63, 3.8) is 0 Å². The molecule has 1 aliphatic heterocycles. The highest BCUT2D eigenvalue weighted by molar-refractivity contribution is 8.13. The van der Waals surface area contributed by atoms with Gasteiger partial charge in [-0.3, -0.25) is 9.79 Å². The molecule has 26 heavy (non-hydrogen) atoms. The Bertz CT molecular complexity index is 897. The number of nitrogens with one attached hydrogen (secondary N) is 1. The summed E-state index contributed by atoms with van der Waals surface area (Å²) in [7, 11) is 0. The summed E-state index contributed by atoms with van der Waals surface area (Å²) in [6.45, 7) is 5.90. The van der Waals surface area contributed by atoms with Gasteiger partial charge in [0.25, 0.3) is 5.91 Å². The Hall–Kier alpha value is -2.34. The molecule has 1 aliphatic rings. The van der Waals surface area contributed by atoms with E-state index in [0.717, 1.165) is 28.9 Å². The first kappa shape index (κ1) is 18.5. The molecule has 2 aromatic rings. The molecule has 0 saturated heterocycles. The van der Waals surface area contributed by atoms with Crippen LogP contribution in [0, 0.1) is 19.7 Å². The average molecular weight is 371 g/mol. The van der Waals surface area contributed by atoms with Gasteiger partial charge in [-0.1, -0.05) is 23.9 Å². The van der Waals surface area contributed by atoms with Crippen LogP contribution < -0.4 is 11.1 Å². The second-order valence-corrected chi connectivity index (χ2v) is 7.89. The Morgan fingerprint density at radius 2 is 2.00 bits per heavy atom. The van der Waals surface area contributed by atoms with Gasteiger partial charge in [-0.25, -0.2) is 4.39 Å². The summed E-state index contributed by atoms with van der Waals surface area (Å²) in [6.07, 6.45) is 0.800. The van der Waals surface area contributed by atoms with E-state index in [0.29, 0.717) is 10.7 Å². The number of thioether (sulfide) groups is 1. The molecule has 0 aliphatic carbocycles. The summed E-state index contributed by atoms with van der Waals surface area (Å²) in [5.74, 6) is 0.0428. The Balaban J connectivity index is 1.89. The molecule has 3 N–H and O–H groups in total. The molecule has 1 amide bonds. The fourth-order valence-electron chi connectivity index (χ4n) is 2.93. The SMILES string of the molecule is Cc1ccc(C(=O)Nc2cc(C3(C)CCSC(N)=N3)ccc2F)cc1C. The summed E-state index contributed by atoms with van der Waals surface area (Å²) in [5, 5.41) is 3.21. The van der Waals surface area contributed by atoms with E-state index in [1.54, 1.807) is 24.3 Å². The van der Waals surface area contributed by atoms with Crippen molar-refractivity contribution < 1.29 is 9.18 Å². The smallest absolute Gasteiger partial charge is 0.255 e. The van der Waals surface area contributed by atoms with Gasteiger partial charge in [0.1, 0.15) is 5.82 Å². The fraction of sp³-hybridized carbons (Fsp3) is 0.300. The topological polar surface area (TPSA) is 67.5 Å². The van der Waals surface area contributed by atoms with Gasteiger partial charge in [0.05, 0.1) is 11.2 Å². The first-order chi connectivity index (χ1) is 12.3. The summed E-state index contributed by atoms with van der Waals surface area (Å²) in [6, 6.07) is 10.1. The van der Waals surface area contributed by atoms with Crippen LogP contribution in [0.25, 0.3) is 0 Å². The third kappa shape index (κ3) is 3.75. The molecule has 1 heterocycles. The van der Waals surface area contributed by atoms with Crippen LogP contribution in [0.2, 0.25) is 0 Å². The van der Waals surface area contributed by atoms with E-state index in [2.05, 4.69) is 10.3 Å². The Labute approximate surface area is 157 Å². The van der Waals surface area contributed by atoms with Crippen LogP contribution >= 0.6 is 11.8 Å². The second kappa shape index (κ2) is 7.11. The number of nitrogens with two attached hydrogens (primary N) is 1. The van der Waals surface area contributed by atoms with Gasteiger partial charge in [-0.15, -0.1) is 0 Å². The van der Waals surface area contributed by atoms with Gasteiger partial charge in [0.2, 0.25) is 0 Å². The molecule has 0 fully saturated rings. The Kier molecular flexibility index (Phi) is 5.05. The van der Waals surface area contributed by atoms with Crippen molar-refractivity contribution in [2.75, 3.05) is 11.1 Å². The van der Waals surface area contributed by atoms with E-state index in [1.807, 2.05) is 26.8 Å². The van der Waals surface area contributed by atoms with E-state index in [4.69, 9.17) is 5.73 Å². The van der Waals surface area contributed by atoms with Gasteiger partial charge >= 0.3 is 0 Å². The summed E-state index contributed by atoms with van der Waals surface area (Å²) in [5.41, 5.74) is 8.96. The van der Waals surface area contributed by atoms with Crippen LogP contribution in [0.5, 0.6) is 0 Å². The van der Waals surface area contributed by atoms with Gasteiger partial charge in [0.15, 0.2) is 5.17 Å². The molecule has 6 heteroatoms. The molecule has 136 valence electrons. The van der Waals surface area contributed by atoms with Crippen LogP contribution in [0.4, 0.5) is 10.1 Å². The number of halogens is 1. The number of hydrogen-bond acceptors (Lipinski definition) is 4. The molecule has 0 spiro atoms. The average Bonchev–Trinajstić information content (AvgIpc) is 2.59. The van der Waals surface area contributed by atoms with Gasteiger partial charge in [-0.2, -0.15) is 0 Å². The normalized spacial score (nSPS) is 19.8. The molecule has 2 aromatic carbocycles. The van der Waals surface area contributed by atoms with Crippen molar-refractivity contribution in [2.24, 2.45) is 10.7 Å². The van der Waals surface area contributed by atoms with E-state index in [-0.39, 0.29) is 11.6 Å². The zero-order chi connectivity index (χ0) is 18.9. The number of amidine groups is 1. The minimum Gasteiger partial charge on any atom is -0.379 e. The van der Waals surface area contributed by atoms with Crippen LogP contribution in [-0.4, -0.2) is 16.8 Å². The highest BCUT2D eigenvalue weighted by Gasteiger charge is 2.30. The molecule has 0 radical (unpaired) electrons. The molecule has 0 saturated carbocycles. The number of carbonyl (C=O) groups is 1. The summed E-state index contributed by atoms with van der Waals surface area (Å²) in [4.78, 5) is 17.1. The van der Waals surface area contributed by atoms with Crippen LogP contribution in [0.1, 0.15) is 40.4 Å². The van der Waals surface area contributed by atoms with E-state index in [9.17, 15) is 9.18 Å². The van der Waals surface area contributed by atoms with Gasteiger partial charge < -0.3 is 11.1 Å². The number of aliphatic imine (C=N–C) groups is 1. The van der Waals surface area contributed by atoms with Crippen LogP contribution in [0.3, 0.4) is 0 Å². The summed E-state index contributed by atoms with van der Waals surface area (Å²) >= 11 is 1.52. The lowest BCUT2D eigenvalue weighted by Gasteiger charge is -2.30. The fourth-order valence-corrected chi connectivity index (χ4v) is 3.90. The summed E-state index contributed by atoms with van der Waals surface area (Å²) < 4.78 is 14.3. The van der Waals surface area contributed by atoms with Gasteiger partial charge in [0, 0.05) is 11.3 Å². The van der Waals surface area contributed by atoms with Crippen molar-refractivity contribution in [2.45, 2.75) is 32.7 Å². The third-order valence-corrected chi connectivity index (χ3v) is 5.60. The van der Waals surface area contributed by atoms with Crippen molar-refractivity contribution >= 4 is 28.5 Å². The first-order valence-corrected chi connectivity index (χ1v) is 9.44. The maximum Gasteiger partial charge on any atom is 0.255 e. The number of hydrogen-bond donors (Lipinski definition) is 2. The van der Waals surface area contributed by atoms with Crippen molar-refractivity contribution in [1.29, 1.82) is 0 Å². The van der Waals surface area contributed by atoms with Crippen molar-refractivity contribution in [3.8, 4) is 0 Å². The number of amides is 1. The quantitative estimate of drug-likeness (QED) is 0.842. The zero-order valence-electron chi connectivity index (χ0n) is 15.1. The molecular formula is C20H22FN3OS. The minimum absolute atomic E-state index is 0.152. The largest absolute Gasteiger partial charge is 0.379 e. The molecule has 3 rings (SSSR count). The minimum atomic E-state index is -0.511. The van der Waals surface area contributed by atoms with E-state index < -0.39 is 11.4 Å². The predicted octanol–water partition coefficient (Wildman–Crippen LogP) is 4.36. The number of rotatable bonds is 3. The molecule has 0 bridgehead atoms. The second-order valence-electron chi connectivity index (χ2n) is 6.77. The zero-order valence-corrected chi connectivity index (χ0v) is 15.9. The monoisotopic (exact) mass is 371 g/mol. The van der Waals surface area contributed by atoms with Crippen LogP contribution in [0.15, 0.2) is 41.4 Å². The van der Waals surface area contributed by atoms with Crippen molar-refractivity contribution in [3.05, 3.63) is 64.5 Å². The van der Waals surface area contributed by atoms with Gasteiger partial charge in [-0.05, 0) is 68.1 Å². The third-order valence-electron chi connectivity index (χ3n) is 4.80. The van der Waals surface area contributed by atoms with Crippen LogP contribution in [-0.2, 0) is 5.54 Å². The molecule has 1 unspecified atom stereocenters. The maximum absolute atomic E-state index is 14.3. The predicted molar refractivity (Wildman–Crippen MR) is 106 cm³/mol. The standard InChI is InChI=1S/C20H22FN3OS/c1-12-4-5-14(10-13(12)2)18(25)23-17-11-15(6-7-16(17)21)20(3)8-9-26-19(22)24-20/h4-7,10-11H,8-9H2,1-3H3,(H2,22,24)(H,23,25). The highest BCUT2D eigenvalue weighted by atomic mass is 32.2. The van der Waals surface area contributed by atoms with Crippen molar-refractivity contribution in [1.82, 2.24) is 0 Å². The lowest BCUT2D eigenvalue weighted by atomic mass is 9.89. The number of aryl methyl sites for hydroxylation is 2. The first-order valence-electron chi connectivity index (χ1n) is 8.45. The maximum atomic E-state index is 14.3. The Morgan fingerprint density at radius 1 is 1.23 bits per heavy atom. The number of anilines is 1. The number of benzene rings is 2. The van der Waals surface area contributed by atoms with E-state index >= 15 is 0 Å². The lowest BCUT2D eigenvalue weighted by Crippen LogP contribution is -2.29. The highest BCUT2D eigenvalue weighted by Crippen LogP contribution is 2.36. The number of nitrogens with zero attached hydrogens (tertiary/aromatic N) is 1.